The van der Waals surface area contributed by atoms with E-state index in [0.717, 1.165) is 16.5 Å². The molecule has 3 rings (SSSR count). The van der Waals surface area contributed by atoms with E-state index in [1.807, 2.05) is 24.3 Å². The molecule has 188 valence electrons. The number of fused-ring (bicyclic) bond motifs is 1. The molecule has 1 aromatic heterocycles. The van der Waals surface area contributed by atoms with Crippen LogP contribution in [0.4, 0.5) is 0 Å². The Hall–Kier alpha value is -3.93. The van der Waals surface area contributed by atoms with Crippen LogP contribution in [0.3, 0.4) is 0 Å². The molecule has 0 spiro atoms. The van der Waals surface area contributed by atoms with Gasteiger partial charge in [0.05, 0.1) is 6.04 Å². The van der Waals surface area contributed by atoms with Crippen molar-refractivity contribution in [3.8, 4) is 0 Å². The number of hydrogen-bond donors (Lipinski definition) is 6. The maximum Gasteiger partial charge on any atom is 0.322 e. The molecule has 1 saturated heterocycles. The summed E-state index contributed by atoms with van der Waals surface area (Å²) < 4.78 is 0. The van der Waals surface area contributed by atoms with Crippen molar-refractivity contribution in [1.29, 1.82) is 0 Å². The Morgan fingerprint density at radius 1 is 1.14 bits per heavy atom. The average molecular weight is 488 g/mol. The number of aromatic amines is 1. The summed E-state index contributed by atoms with van der Waals surface area (Å²) >= 11 is 0. The largest absolute Gasteiger partial charge is 0.481 e. The van der Waals surface area contributed by atoms with Gasteiger partial charge < -0.3 is 36.5 Å². The Morgan fingerprint density at radius 3 is 2.60 bits per heavy atom. The number of aliphatic carboxylic acids is 2. The molecule has 2 heterocycles. The molecule has 35 heavy (non-hydrogen) atoms. The lowest BCUT2D eigenvalue weighted by atomic mass is 10.0. The van der Waals surface area contributed by atoms with Crippen LogP contribution in [0.5, 0.6) is 0 Å². The molecule has 7 N–H and O–H groups in total. The van der Waals surface area contributed by atoms with Crippen molar-refractivity contribution in [3.05, 3.63) is 36.0 Å². The van der Waals surface area contributed by atoms with E-state index in [-0.39, 0.29) is 12.8 Å². The quantitative estimate of drug-likeness (QED) is 0.246. The van der Waals surface area contributed by atoms with Crippen LogP contribution in [0.1, 0.15) is 31.2 Å². The van der Waals surface area contributed by atoms with Gasteiger partial charge in [0, 0.05) is 30.1 Å². The number of carbonyl (C=O) groups is 5. The van der Waals surface area contributed by atoms with Crippen LogP contribution in [0, 0.1) is 0 Å². The van der Waals surface area contributed by atoms with Gasteiger partial charge in [0.25, 0.3) is 0 Å². The summed E-state index contributed by atoms with van der Waals surface area (Å²) in [5.74, 6) is -4.27. The van der Waals surface area contributed by atoms with Crippen molar-refractivity contribution in [1.82, 2.24) is 20.5 Å². The van der Waals surface area contributed by atoms with E-state index in [0.29, 0.717) is 19.4 Å². The van der Waals surface area contributed by atoms with Gasteiger partial charge in [0.1, 0.15) is 18.6 Å². The van der Waals surface area contributed by atoms with E-state index in [1.165, 1.54) is 4.90 Å². The highest BCUT2D eigenvalue weighted by molar-refractivity contribution is 5.94. The van der Waals surface area contributed by atoms with Crippen molar-refractivity contribution < 1.29 is 34.2 Å². The molecule has 3 atom stereocenters. The number of aromatic nitrogens is 1. The van der Waals surface area contributed by atoms with Gasteiger partial charge >= 0.3 is 11.9 Å². The van der Waals surface area contributed by atoms with E-state index >= 15 is 0 Å². The number of H-pyrrole nitrogens is 1. The summed E-state index contributed by atoms with van der Waals surface area (Å²) in [5, 5.41) is 23.3. The molecule has 0 saturated carbocycles. The number of nitrogens with zero attached hydrogens (tertiary/aromatic N) is 1. The third kappa shape index (κ3) is 6.57. The Balaban J connectivity index is 1.66. The molecule has 1 aliphatic rings. The van der Waals surface area contributed by atoms with Gasteiger partial charge in [-0.05, 0) is 37.3 Å². The summed E-state index contributed by atoms with van der Waals surface area (Å²) in [7, 11) is 0. The maximum atomic E-state index is 13.1. The minimum absolute atomic E-state index is 0.229. The molecule has 2 aromatic rings. The van der Waals surface area contributed by atoms with Crippen molar-refractivity contribution in [2.24, 2.45) is 5.73 Å². The number of amides is 3. The second-order valence-electron chi connectivity index (χ2n) is 8.46. The predicted molar refractivity (Wildman–Crippen MR) is 124 cm³/mol. The summed E-state index contributed by atoms with van der Waals surface area (Å²) in [6.45, 7) is -0.349. The zero-order chi connectivity index (χ0) is 25.5. The third-order valence-corrected chi connectivity index (χ3v) is 5.96. The van der Waals surface area contributed by atoms with Crippen molar-refractivity contribution in [2.45, 2.75) is 50.2 Å². The van der Waals surface area contributed by atoms with Crippen LogP contribution in [0.2, 0.25) is 0 Å². The maximum absolute atomic E-state index is 13.1. The van der Waals surface area contributed by atoms with Crippen molar-refractivity contribution in [3.63, 3.8) is 0 Å². The lowest BCUT2D eigenvalue weighted by Crippen LogP contribution is -2.55. The van der Waals surface area contributed by atoms with E-state index in [9.17, 15) is 24.0 Å². The standard InChI is InChI=1S/C23H29N5O7/c24-15(10-13-11-25-16-5-2-1-4-14(13)16)23(35)28-9-3-6-18(28)22(34)27-17(7-8-19(29)30)21(33)26-12-20(31)32/h1-2,4-5,11,15,17-18,25H,3,6-10,12,24H2,(H,26,33)(H,27,34)(H,29,30)(H,31,32). The van der Waals surface area contributed by atoms with Gasteiger partial charge in [-0.25, -0.2) is 0 Å². The molecule has 12 heteroatoms. The molecular weight excluding hydrogens is 458 g/mol. The number of nitrogens with one attached hydrogen (secondary N) is 3. The molecule has 3 unspecified atom stereocenters. The Kier molecular flexibility index (Phi) is 8.42. The fourth-order valence-corrected chi connectivity index (χ4v) is 4.23. The summed E-state index contributed by atoms with van der Waals surface area (Å²) in [6, 6.07) is 4.63. The van der Waals surface area contributed by atoms with Gasteiger partial charge in [-0.2, -0.15) is 0 Å². The highest BCUT2D eigenvalue weighted by Crippen LogP contribution is 2.22. The normalized spacial score (nSPS) is 17.1. The number of carbonyl (C=O) groups excluding carboxylic acids is 3. The molecule has 3 amide bonds. The topological polar surface area (TPSA) is 195 Å². The van der Waals surface area contributed by atoms with Gasteiger partial charge in [-0.15, -0.1) is 0 Å². The first-order valence-electron chi connectivity index (χ1n) is 11.3. The Labute approximate surface area is 200 Å². The van der Waals surface area contributed by atoms with Crippen molar-refractivity contribution >= 4 is 40.6 Å². The molecule has 0 bridgehead atoms. The van der Waals surface area contributed by atoms with Crippen LogP contribution in [0.15, 0.2) is 30.5 Å². The Bertz CT molecular complexity index is 1110. The van der Waals surface area contributed by atoms with E-state index in [4.69, 9.17) is 15.9 Å². The second kappa shape index (κ2) is 11.5. The monoisotopic (exact) mass is 487 g/mol. The van der Waals surface area contributed by atoms with Gasteiger partial charge in [0.2, 0.25) is 17.7 Å². The SMILES string of the molecule is NC(Cc1c[nH]c2ccccc12)C(=O)N1CCCC1C(=O)NC(CCC(=O)O)C(=O)NCC(=O)O. The molecule has 1 aromatic carbocycles. The van der Waals surface area contributed by atoms with Crippen LogP contribution < -0.4 is 16.4 Å². The average Bonchev–Trinajstić information content (AvgIpc) is 3.47. The molecule has 1 fully saturated rings. The van der Waals surface area contributed by atoms with Crippen LogP contribution in [0.25, 0.3) is 10.9 Å². The number of carboxylic acid groups (broad SMARTS) is 2. The van der Waals surface area contributed by atoms with E-state index in [1.54, 1.807) is 6.20 Å². The number of likely N-dealkylation sites (tertiary alicyclic amines) is 1. The van der Waals surface area contributed by atoms with E-state index < -0.39 is 60.8 Å². The molecular formula is C23H29N5O7. The highest BCUT2D eigenvalue weighted by Gasteiger charge is 2.37. The predicted octanol–water partition coefficient (Wildman–Crippen LogP) is -0.421. The lowest BCUT2D eigenvalue weighted by molar-refractivity contribution is -0.141. The molecule has 12 nitrogen and oxygen atoms in total. The number of rotatable bonds is 11. The fraction of sp³-hybridized carbons (Fsp3) is 0.435. The van der Waals surface area contributed by atoms with Gasteiger partial charge in [-0.3, -0.25) is 24.0 Å². The zero-order valence-electron chi connectivity index (χ0n) is 19.0. The summed E-state index contributed by atoms with van der Waals surface area (Å²) in [4.78, 5) is 64.7. The first-order valence-corrected chi connectivity index (χ1v) is 11.3. The molecule has 1 aliphatic heterocycles. The number of carboxylic acids is 2. The Morgan fingerprint density at radius 2 is 1.89 bits per heavy atom. The van der Waals surface area contributed by atoms with E-state index in [2.05, 4.69) is 15.6 Å². The smallest absolute Gasteiger partial charge is 0.322 e. The fourth-order valence-electron chi connectivity index (χ4n) is 4.23. The number of nitrogens with two attached hydrogens (primary N) is 1. The lowest BCUT2D eigenvalue weighted by Gasteiger charge is -2.28. The minimum Gasteiger partial charge on any atom is -0.481 e. The summed E-state index contributed by atoms with van der Waals surface area (Å²) in [5.41, 5.74) is 8.02. The molecule has 0 aliphatic carbocycles. The van der Waals surface area contributed by atoms with Gasteiger partial charge in [0.15, 0.2) is 0 Å². The second-order valence-corrected chi connectivity index (χ2v) is 8.46. The number of hydrogen-bond acceptors (Lipinski definition) is 6. The van der Waals surface area contributed by atoms with Crippen molar-refractivity contribution in [2.75, 3.05) is 13.1 Å². The first kappa shape index (κ1) is 25.7. The van der Waals surface area contributed by atoms with Crippen LogP contribution >= 0.6 is 0 Å². The molecule has 0 radical (unpaired) electrons. The highest BCUT2D eigenvalue weighted by atomic mass is 16.4. The third-order valence-electron chi connectivity index (χ3n) is 5.96. The number of para-hydroxylation sites is 1. The zero-order valence-corrected chi connectivity index (χ0v) is 19.0. The first-order chi connectivity index (χ1) is 16.7. The van der Waals surface area contributed by atoms with Crippen LogP contribution in [-0.2, 0) is 30.4 Å². The summed E-state index contributed by atoms with van der Waals surface area (Å²) in [6.07, 6.45) is 2.36. The number of benzene rings is 1. The minimum atomic E-state index is -1.28. The van der Waals surface area contributed by atoms with Crippen LogP contribution in [-0.4, -0.2) is 81.0 Å². The van der Waals surface area contributed by atoms with Gasteiger partial charge in [-0.1, -0.05) is 18.2 Å².